The van der Waals surface area contributed by atoms with Crippen molar-refractivity contribution in [3.63, 3.8) is 0 Å². The summed E-state index contributed by atoms with van der Waals surface area (Å²) < 4.78 is 5.49. The standard InChI is InChI=1S/C13H16O/c1-4-5-9-14-13-8-6-7-12(10-13)11(2)3/h1,6-8,10-11H,5,9H2,2-3H3. The van der Waals surface area contributed by atoms with Gasteiger partial charge in [-0.2, -0.15) is 0 Å². The van der Waals surface area contributed by atoms with Crippen molar-refractivity contribution in [2.24, 2.45) is 0 Å². The van der Waals surface area contributed by atoms with Crippen LogP contribution < -0.4 is 4.74 Å². The van der Waals surface area contributed by atoms with E-state index in [1.807, 2.05) is 12.1 Å². The van der Waals surface area contributed by atoms with Crippen LogP contribution in [0.2, 0.25) is 0 Å². The van der Waals surface area contributed by atoms with Gasteiger partial charge < -0.3 is 4.74 Å². The van der Waals surface area contributed by atoms with Crippen LogP contribution in [0, 0.1) is 12.3 Å². The van der Waals surface area contributed by atoms with E-state index in [1.165, 1.54) is 5.56 Å². The van der Waals surface area contributed by atoms with E-state index in [0.29, 0.717) is 18.9 Å². The molecule has 14 heavy (non-hydrogen) atoms. The Balaban J connectivity index is 2.60. The maximum Gasteiger partial charge on any atom is 0.119 e. The molecule has 0 radical (unpaired) electrons. The summed E-state index contributed by atoms with van der Waals surface area (Å²) in [6, 6.07) is 8.16. The predicted molar refractivity (Wildman–Crippen MR) is 59.5 cm³/mol. The Kier molecular flexibility index (Phi) is 4.07. The number of benzene rings is 1. The van der Waals surface area contributed by atoms with E-state index >= 15 is 0 Å². The Morgan fingerprint density at radius 2 is 2.21 bits per heavy atom. The highest BCUT2D eigenvalue weighted by atomic mass is 16.5. The molecule has 0 spiro atoms. The molecule has 0 aliphatic carbocycles. The Labute approximate surface area is 86.1 Å². The van der Waals surface area contributed by atoms with Gasteiger partial charge in [-0.3, -0.25) is 0 Å². The first-order chi connectivity index (χ1) is 6.74. The third kappa shape index (κ3) is 3.14. The third-order valence-corrected chi connectivity index (χ3v) is 2.04. The van der Waals surface area contributed by atoms with E-state index < -0.39 is 0 Å². The fourth-order valence-corrected chi connectivity index (χ4v) is 1.19. The fraction of sp³-hybridized carbons (Fsp3) is 0.385. The van der Waals surface area contributed by atoms with Gasteiger partial charge in [-0.25, -0.2) is 0 Å². The van der Waals surface area contributed by atoms with E-state index in [1.54, 1.807) is 0 Å². The Bertz CT molecular complexity index is 320. The summed E-state index contributed by atoms with van der Waals surface area (Å²) in [5.41, 5.74) is 1.29. The maximum atomic E-state index is 5.49. The first kappa shape index (κ1) is 10.7. The van der Waals surface area contributed by atoms with Crippen molar-refractivity contribution in [3.8, 4) is 18.1 Å². The Hall–Kier alpha value is -1.42. The number of hydrogen-bond acceptors (Lipinski definition) is 1. The van der Waals surface area contributed by atoms with E-state index in [-0.39, 0.29) is 0 Å². The van der Waals surface area contributed by atoms with Crippen molar-refractivity contribution in [1.29, 1.82) is 0 Å². The first-order valence-corrected chi connectivity index (χ1v) is 4.90. The number of terminal acetylenes is 1. The highest BCUT2D eigenvalue weighted by molar-refractivity contribution is 5.30. The van der Waals surface area contributed by atoms with Gasteiger partial charge in [0.1, 0.15) is 5.75 Å². The Morgan fingerprint density at radius 3 is 2.86 bits per heavy atom. The van der Waals surface area contributed by atoms with E-state index in [4.69, 9.17) is 11.2 Å². The minimum atomic E-state index is 0.534. The van der Waals surface area contributed by atoms with Crippen LogP contribution in [0.5, 0.6) is 5.75 Å². The van der Waals surface area contributed by atoms with Crippen LogP contribution >= 0.6 is 0 Å². The number of rotatable bonds is 4. The summed E-state index contributed by atoms with van der Waals surface area (Å²) >= 11 is 0. The molecule has 1 aromatic rings. The van der Waals surface area contributed by atoms with Gasteiger partial charge in [-0.15, -0.1) is 12.3 Å². The summed E-state index contributed by atoms with van der Waals surface area (Å²) in [5, 5.41) is 0. The van der Waals surface area contributed by atoms with Crippen molar-refractivity contribution in [2.45, 2.75) is 26.2 Å². The quantitative estimate of drug-likeness (QED) is 0.520. The molecular weight excluding hydrogens is 172 g/mol. The predicted octanol–water partition coefficient (Wildman–Crippen LogP) is 3.21. The molecule has 0 N–H and O–H groups in total. The zero-order valence-electron chi connectivity index (χ0n) is 8.79. The van der Waals surface area contributed by atoms with Gasteiger partial charge in [0, 0.05) is 6.42 Å². The molecule has 1 rings (SSSR count). The number of hydrogen-bond donors (Lipinski definition) is 0. The highest BCUT2D eigenvalue weighted by Crippen LogP contribution is 2.19. The minimum Gasteiger partial charge on any atom is -0.493 e. The second kappa shape index (κ2) is 5.34. The first-order valence-electron chi connectivity index (χ1n) is 4.90. The maximum absolute atomic E-state index is 5.49. The van der Waals surface area contributed by atoms with E-state index in [9.17, 15) is 0 Å². The van der Waals surface area contributed by atoms with Crippen molar-refractivity contribution in [1.82, 2.24) is 0 Å². The molecule has 0 saturated carbocycles. The fourth-order valence-electron chi connectivity index (χ4n) is 1.19. The summed E-state index contributed by atoms with van der Waals surface area (Å²) in [7, 11) is 0. The Morgan fingerprint density at radius 1 is 1.43 bits per heavy atom. The van der Waals surface area contributed by atoms with E-state index in [2.05, 4.69) is 31.9 Å². The topological polar surface area (TPSA) is 9.23 Å². The summed E-state index contributed by atoms with van der Waals surface area (Å²) in [6.07, 6.45) is 5.80. The van der Waals surface area contributed by atoms with Gasteiger partial charge in [0.25, 0.3) is 0 Å². The SMILES string of the molecule is C#CCCOc1cccc(C(C)C)c1. The normalized spacial score (nSPS) is 9.86. The molecule has 1 nitrogen and oxygen atoms in total. The average Bonchev–Trinajstić information content (AvgIpc) is 2.19. The van der Waals surface area contributed by atoms with Crippen molar-refractivity contribution in [2.75, 3.05) is 6.61 Å². The van der Waals surface area contributed by atoms with Gasteiger partial charge in [-0.1, -0.05) is 26.0 Å². The lowest BCUT2D eigenvalue weighted by Gasteiger charge is -2.08. The van der Waals surface area contributed by atoms with Crippen LogP contribution in [-0.2, 0) is 0 Å². The van der Waals surface area contributed by atoms with Gasteiger partial charge in [0.05, 0.1) is 6.61 Å². The molecule has 0 aliphatic rings. The van der Waals surface area contributed by atoms with Crippen LogP contribution in [0.3, 0.4) is 0 Å². The van der Waals surface area contributed by atoms with Crippen LogP contribution in [0.15, 0.2) is 24.3 Å². The molecule has 0 atom stereocenters. The highest BCUT2D eigenvalue weighted by Gasteiger charge is 2.00. The lowest BCUT2D eigenvalue weighted by atomic mass is 10.0. The van der Waals surface area contributed by atoms with Crippen LogP contribution in [-0.4, -0.2) is 6.61 Å². The molecule has 1 heteroatoms. The smallest absolute Gasteiger partial charge is 0.119 e. The molecule has 1 aromatic carbocycles. The molecule has 0 aromatic heterocycles. The molecule has 0 heterocycles. The average molecular weight is 188 g/mol. The minimum absolute atomic E-state index is 0.534. The molecule has 0 unspecified atom stereocenters. The number of ether oxygens (including phenoxy) is 1. The molecule has 0 bridgehead atoms. The van der Waals surface area contributed by atoms with Crippen LogP contribution in [0.4, 0.5) is 0 Å². The third-order valence-electron chi connectivity index (χ3n) is 2.04. The van der Waals surface area contributed by atoms with Crippen molar-refractivity contribution >= 4 is 0 Å². The van der Waals surface area contributed by atoms with Crippen LogP contribution in [0.1, 0.15) is 31.7 Å². The van der Waals surface area contributed by atoms with Gasteiger partial charge in [0.2, 0.25) is 0 Å². The van der Waals surface area contributed by atoms with Gasteiger partial charge in [-0.05, 0) is 23.6 Å². The zero-order chi connectivity index (χ0) is 10.4. The molecule has 0 fully saturated rings. The lowest BCUT2D eigenvalue weighted by Crippen LogP contribution is -1.96. The zero-order valence-corrected chi connectivity index (χ0v) is 8.79. The molecule has 0 saturated heterocycles. The second-order valence-electron chi connectivity index (χ2n) is 3.53. The largest absolute Gasteiger partial charge is 0.493 e. The monoisotopic (exact) mass is 188 g/mol. The molecule has 74 valence electrons. The summed E-state index contributed by atoms with van der Waals surface area (Å²) in [6.45, 7) is 4.93. The van der Waals surface area contributed by atoms with Crippen molar-refractivity contribution < 1.29 is 4.74 Å². The summed E-state index contributed by atoms with van der Waals surface area (Å²) in [4.78, 5) is 0. The van der Waals surface area contributed by atoms with Gasteiger partial charge in [0.15, 0.2) is 0 Å². The molecular formula is C13H16O. The molecule has 0 aliphatic heterocycles. The molecule has 0 amide bonds. The second-order valence-corrected chi connectivity index (χ2v) is 3.53. The van der Waals surface area contributed by atoms with E-state index in [0.717, 1.165) is 5.75 Å². The lowest BCUT2D eigenvalue weighted by molar-refractivity contribution is 0.327. The van der Waals surface area contributed by atoms with Crippen LogP contribution in [0.25, 0.3) is 0 Å². The summed E-state index contributed by atoms with van der Waals surface area (Å²) in [5.74, 6) is 3.99. The van der Waals surface area contributed by atoms with Gasteiger partial charge >= 0.3 is 0 Å². The van der Waals surface area contributed by atoms with Crippen molar-refractivity contribution in [3.05, 3.63) is 29.8 Å².